The van der Waals surface area contributed by atoms with E-state index in [1.54, 1.807) is 13.8 Å². The number of methoxy groups -OCH3 is 1. The number of aliphatic carboxylic acids is 1. The maximum Gasteiger partial charge on any atom is 0.407 e. The van der Waals surface area contributed by atoms with Crippen molar-refractivity contribution in [1.82, 2.24) is 10.2 Å². The fourth-order valence-electron chi connectivity index (χ4n) is 5.25. The Morgan fingerprint density at radius 3 is 2.26 bits per heavy atom. The Hall–Kier alpha value is -3.39. The molecule has 1 saturated heterocycles. The SMILES string of the molecule is CO[C@H](C)[C@H](NC(=O)OCC1c2ccccc2-c2ccccc21)C(=O)N1CCC[C@@H](C(=O)O)[C@H]1C. The third-order valence-electron chi connectivity index (χ3n) is 7.31. The van der Waals surface area contributed by atoms with Gasteiger partial charge in [-0.3, -0.25) is 9.59 Å². The Kier molecular flexibility index (Phi) is 7.40. The smallest absolute Gasteiger partial charge is 0.407 e. The van der Waals surface area contributed by atoms with Crippen LogP contribution in [0.5, 0.6) is 0 Å². The lowest BCUT2D eigenvalue weighted by atomic mass is 9.89. The molecular weight excluding hydrogens is 448 g/mol. The standard InChI is InChI=1S/C27H32N2O6/c1-16-18(26(31)32)13-8-14-29(16)25(30)24(17(2)34-3)28-27(33)35-15-23-21-11-6-4-9-19(21)20-10-5-7-12-22(20)23/h4-7,9-12,16-18,23-24H,8,13-15H2,1-3H3,(H,28,33)(H,31,32)/t16-,17-,18-,24+/m1/s1. The molecule has 4 rings (SSSR count). The van der Waals surface area contributed by atoms with Crippen LogP contribution in [0.1, 0.15) is 43.7 Å². The van der Waals surface area contributed by atoms with Crippen LogP contribution < -0.4 is 5.32 Å². The summed E-state index contributed by atoms with van der Waals surface area (Å²) in [6, 6.07) is 14.6. The van der Waals surface area contributed by atoms with E-state index in [1.165, 1.54) is 12.0 Å². The van der Waals surface area contributed by atoms with Crippen molar-refractivity contribution in [3.05, 3.63) is 59.7 Å². The minimum Gasteiger partial charge on any atom is -0.481 e. The molecule has 0 radical (unpaired) electrons. The molecule has 0 aromatic heterocycles. The number of hydrogen-bond acceptors (Lipinski definition) is 5. The summed E-state index contributed by atoms with van der Waals surface area (Å²) in [5.41, 5.74) is 4.46. The number of rotatable bonds is 7. The monoisotopic (exact) mass is 480 g/mol. The lowest BCUT2D eigenvalue weighted by Gasteiger charge is -2.40. The number of carbonyl (C=O) groups excluding carboxylic acids is 2. The molecule has 0 bridgehead atoms. The van der Waals surface area contributed by atoms with E-state index < -0.39 is 36.2 Å². The van der Waals surface area contributed by atoms with Crippen LogP contribution in [-0.2, 0) is 19.1 Å². The molecule has 8 nitrogen and oxygen atoms in total. The molecule has 4 atom stereocenters. The minimum atomic E-state index is -0.995. The summed E-state index contributed by atoms with van der Waals surface area (Å²) in [6.45, 7) is 3.99. The Morgan fingerprint density at radius 2 is 1.69 bits per heavy atom. The molecule has 2 aromatic carbocycles. The van der Waals surface area contributed by atoms with E-state index in [2.05, 4.69) is 17.4 Å². The van der Waals surface area contributed by atoms with Gasteiger partial charge >= 0.3 is 12.1 Å². The number of carbonyl (C=O) groups is 3. The van der Waals surface area contributed by atoms with Gasteiger partial charge in [0.05, 0.1) is 12.0 Å². The molecule has 1 aliphatic heterocycles. The highest BCUT2D eigenvalue weighted by Gasteiger charge is 2.40. The highest BCUT2D eigenvalue weighted by molar-refractivity contribution is 5.87. The van der Waals surface area contributed by atoms with Crippen LogP contribution in [0, 0.1) is 5.92 Å². The number of fused-ring (bicyclic) bond motifs is 3. The summed E-state index contributed by atoms with van der Waals surface area (Å²) < 4.78 is 11.0. The van der Waals surface area contributed by atoms with Gasteiger partial charge in [0.1, 0.15) is 12.6 Å². The molecule has 1 heterocycles. The number of amides is 2. The summed E-state index contributed by atoms with van der Waals surface area (Å²) in [6.07, 6.45) is -0.231. The van der Waals surface area contributed by atoms with Gasteiger partial charge < -0.3 is 24.8 Å². The van der Waals surface area contributed by atoms with Crippen LogP contribution in [0.15, 0.2) is 48.5 Å². The van der Waals surface area contributed by atoms with E-state index in [1.807, 2.05) is 36.4 Å². The number of alkyl carbamates (subject to hydrolysis) is 1. The number of likely N-dealkylation sites (tertiary alicyclic amines) is 1. The number of hydrogen-bond donors (Lipinski definition) is 2. The summed E-state index contributed by atoms with van der Waals surface area (Å²) in [5.74, 6) is -2.02. The Labute approximate surface area is 205 Å². The Morgan fingerprint density at radius 1 is 1.09 bits per heavy atom. The van der Waals surface area contributed by atoms with E-state index in [0.717, 1.165) is 22.3 Å². The zero-order valence-corrected chi connectivity index (χ0v) is 20.3. The topological polar surface area (TPSA) is 105 Å². The van der Waals surface area contributed by atoms with Gasteiger partial charge in [-0.25, -0.2) is 4.79 Å². The second kappa shape index (κ2) is 10.5. The molecular formula is C27H32N2O6. The summed E-state index contributed by atoms with van der Waals surface area (Å²) >= 11 is 0. The zero-order chi connectivity index (χ0) is 25.1. The van der Waals surface area contributed by atoms with Crippen LogP contribution in [0.4, 0.5) is 4.79 Å². The van der Waals surface area contributed by atoms with Gasteiger partial charge in [-0.15, -0.1) is 0 Å². The molecule has 1 fully saturated rings. The molecule has 0 saturated carbocycles. The fraction of sp³-hybridized carbons (Fsp3) is 0.444. The third kappa shape index (κ3) is 4.89. The van der Waals surface area contributed by atoms with E-state index in [-0.39, 0.29) is 18.4 Å². The second-order valence-electron chi connectivity index (χ2n) is 9.25. The number of nitrogens with one attached hydrogen (secondary N) is 1. The van der Waals surface area contributed by atoms with Gasteiger partial charge in [-0.2, -0.15) is 0 Å². The maximum absolute atomic E-state index is 13.4. The fourth-order valence-corrected chi connectivity index (χ4v) is 5.25. The molecule has 2 amide bonds. The Balaban J connectivity index is 1.45. The summed E-state index contributed by atoms with van der Waals surface area (Å²) in [5, 5.41) is 12.2. The first-order valence-electron chi connectivity index (χ1n) is 12.0. The third-order valence-corrected chi connectivity index (χ3v) is 7.31. The Bertz CT molecular complexity index is 1060. The average Bonchev–Trinajstić information content (AvgIpc) is 3.19. The lowest BCUT2D eigenvalue weighted by molar-refractivity contribution is -0.150. The van der Waals surface area contributed by atoms with Crippen molar-refractivity contribution >= 4 is 18.0 Å². The molecule has 2 aliphatic rings. The largest absolute Gasteiger partial charge is 0.481 e. The molecule has 1 aliphatic carbocycles. The highest BCUT2D eigenvalue weighted by atomic mass is 16.5. The average molecular weight is 481 g/mol. The first kappa shape index (κ1) is 24.7. The van der Waals surface area contributed by atoms with E-state index in [0.29, 0.717) is 19.4 Å². The quantitative estimate of drug-likeness (QED) is 0.627. The number of ether oxygens (including phenoxy) is 2. The predicted octanol–water partition coefficient (Wildman–Crippen LogP) is 3.64. The van der Waals surface area contributed by atoms with E-state index in [9.17, 15) is 19.5 Å². The number of carboxylic acid groups (broad SMARTS) is 1. The molecule has 0 unspecified atom stereocenters. The van der Waals surface area contributed by atoms with Crippen LogP contribution in [0.3, 0.4) is 0 Å². The summed E-state index contributed by atoms with van der Waals surface area (Å²) in [4.78, 5) is 39.4. The maximum atomic E-state index is 13.4. The second-order valence-corrected chi connectivity index (χ2v) is 9.25. The normalized spacial score (nSPS) is 20.9. The van der Waals surface area contributed by atoms with Crippen LogP contribution >= 0.6 is 0 Å². The van der Waals surface area contributed by atoms with Gasteiger partial charge in [-0.05, 0) is 48.9 Å². The molecule has 0 spiro atoms. The van der Waals surface area contributed by atoms with Crippen molar-refractivity contribution in [2.75, 3.05) is 20.3 Å². The molecule has 2 N–H and O–H groups in total. The number of carboxylic acids is 1. The van der Waals surface area contributed by atoms with Gasteiger partial charge in [0, 0.05) is 25.6 Å². The van der Waals surface area contributed by atoms with Gasteiger partial charge in [0.25, 0.3) is 0 Å². The first-order chi connectivity index (χ1) is 16.8. The molecule has 186 valence electrons. The number of piperidine rings is 1. The van der Waals surface area contributed by atoms with Gasteiger partial charge in [-0.1, -0.05) is 48.5 Å². The van der Waals surface area contributed by atoms with Gasteiger partial charge in [0.2, 0.25) is 5.91 Å². The van der Waals surface area contributed by atoms with E-state index in [4.69, 9.17) is 9.47 Å². The summed E-state index contributed by atoms with van der Waals surface area (Å²) in [7, 11) is 1.46. The van der Waals surface area contributed by atoms with Crippen molar-refractivity contribution in [2.45, 2.75) is 50.8 Å². The molecule has 2 aromatic rings. The van der Waals surface area contributed by atoms with E-state index >= 15 is 0 Å². The number of benzene rings is 2. The number of nitrogens with zero attached hydrogens (tertiary/aromatic N) is 1. The van der Waals surface area contributed by atoms with Crippen molar-refractivity contribution in [1.29, 1.82) is 0 Å². The lowest BCUT2D eigenvalue weighted by Crippen LogP contribution is -2.59. The zero-order valence-electron chi connectivity index (χ0n) is 20.3. The van der Waals surface area contributed by atoms with Crippen LogP contribution in [0.25, 0.3) is 11.1 Å². The van der Waals surface area contributed by atoms with Crippen molar-refractivity contribution in [3.8, 4) is 11.1 Å². The highest BCUT2D eigenvalue weighted by Crippen LogP contribution is 2.44. The predicted molar refractivity (Wildman–Crippen MR) is 130 cm³/mol. The van der Waals surface area contributed by atoms with Crippen LogP contribution in [0.2, 0.25) is 0 Å². The van der Waals surface area contributed by atoms with Crippen molar-refractivity contribution < 1.29 is 29.0 Å². The first-order valence-corrected chi connectivity index (χ1v) is 12.0. The minimum absolute atomic E-state index is 0.0967. The molecule has 8 heteroatoms. The van der Waals surface area contributed by atoms with Gasteiger partial charge in [0.15, 0.2) is 0 Å². The van der Waals surface area contributed by atoms with Crippen molar-refractivity contribution in [2.24, 2.45) is 5.92 Å². The molecule has 35 heavy (non-hydrogen) atoms. The van der Waals surface area contributed by atoms with Crippen LogP contribution in [-0.4, -0.2) is 66.4 Å². The van der Waals surface area contributed by atoms with Crippen molar-refractivity contribution in [3.63, 3.8) is 0 Å².